The van der Waals surface area contributed by atoms with E-state index in [0.717, 1.165) is 22.8 Å². The van der Waals surface area contributed by atoms with Crippen LogP contribution in [-0.2, 0) is 0 Å². The van der Waals surface area contributed by atoms with Gasteiger partial charge < -0.3 is 15.6 Å². The van der Waals surface area contributed by atoms with Crippen LogP contribution >= 0.6 is 0 Å². The number of fused-ring (bicyclic) bond motifs is 1. The molecular formula is C12H19N5. The molecule has 2 atom stereocenters. The molecule has 5 nitrogen and oxygen atoms in total. The molecule has 0 bridgehead atoms. The number of imidazole rings is 1. The number of nitrogens with zero attached hydrogens (tertiary/aromatic N) is 3. The average molecular weight is 233 g/mol. The Balaban J connectivity index is 2.43. The topological polar surface area (TPSA) is 70.8 Å². The summed E-state index contributed by atoms with van der Waals surface area (Å²) in [5, 5.41) is 0. The average Bonchev–Trinajstić information content (AvgIpc) is 2.69. The molecule has 0 fully saturated rings. The highest BCUT2D eigenvalue weighted by Gasteiger charge is 2.15. The Hall–Kier alpha value is -1.62. The zero-order chi connectivity index (χ0) is 12.6. The fourth-order valence-electron chi connectivity index (χ4n) is 1.61. The standard InChI is InChI=1S/C12H19N5/c1-7(8(2)13)11-14-9-5-6-10(17(3)4)15-12(9)16-11/h5-8H,13H2,1-4H3,(H,14,15,16). The van der Waals surface area contributed by atoms with Gasteiger partial charge in [-0.05, 0) is 19.1 Å². The molecule has 0 aliphatic rings. The normalized spacial score (nSPS) is 14.9. The molecule has 5 heteroatoms. The molecule has 3 N–H and O–H groups in total. The number of rotatable bonds is 3. The van der Waals surface area contributed by atoms with Crippen LogP contribution < -0.4 is 10.6 Å². The van der Waals surface area contributed by atoms with E-state index in [-0.39, 0.29) is 12.0 Å². The molecule has 0 amide bonds. The summed E-state index contributed by atoms with van der Waals surface area (Å²) in [5.74, 6) is 2.01. The van der Waals surface area contributed by atoms with Crippen molar-refractivity contribution in [2.24, 2.45) is 5.73 Å². The van der Waals surface area contributed by atoms with E-state index in [1.807, 2.05) is 38.1 Å². The molecule has 2 heterocycles. The lowest BCUT2D eigenvalue weighted by atomic mass is 10.0. The summed E-state index contributed by atoms with van der Waals surface area (Å²) in [6.07, 6.45) is 0. The first-order valence-corrected chi connectivity index (χ1v) is 5.78. The molecule has 0 radical (unpaired) electrons. The van der Waals surface area contributed by atoms with Gasteiger partial charge in [-0.1, -0.05) is 6.92 Å². The summed E-state index contributed by atoms with van der Waals surface area (Å²) in [4.78, 5) is 14.2. The molecule has 0 saturated carbocycles. The first-order valence-electron chi connectivity index (χ1n) is 5.78. The van der Waals surface area contributed by atoms with Crippen LogP contribution in [0.4, 0.5) is 5.82 Å². The lowest BCUT2D eigenvalue weighted by Gasteiger charge is -2.11. The number of H-pyrrole nitrogens is 1. The van der Waals surface area contributed by atoms with E-state index in [1.165, 1.54) is 0 Å². The molecule has 2 unspecified atom stereocenters. The van der Waals surface area contributed by atoms with E-state index in [1.54, 1.807) is 0 Å². The molecule has 0 aliphatic heterocycles. The van der Waals surface area contributed by atoms with Crippen LogP contribution in [0.5, 0.6) is 0 Å². The van der Waals surface area contributed by atoms with Crippen molar-refractivity contribution < 1.29 is 0 Å². The van der Waals surface area contributed by atoms with E-state index < -0.39 is 0 Å². The monoisotopic (exact) mass is 233 g/mol. The van der Waals surface area contributed by atoms with Crippen LogP contribution in [0, 0.1) is 0 Å². The second-order valence-electron chi connectivity index (χ2n) is 4.70. The minimum Gasteiger partial charge on any atom is -0.363 e. The fourth-order valence-corrected chi connectivity index (χ4v) is 1.61. The van der Waals surface area contributed by atoms with Crippen molar-refractivity contribution in [2.45, 2.75) is 25.8 Å². The van der Waals surface area contributed by atoms with Gasteiger partial charge in [-0.3, -0.25) is 0 Å². The van der Waals surface area contributed by atoms with Crippen molar-refractivity contribution in [3.63, 3.8) is 0 Å². The van der Waals surface area contributed by atoms with Crippen molar-refractivity contribution >= 4 is 17.0 Å². The van der Waals surface area contributed by atoms with Gasteiger partial charge in [-0.25, -0.2) is 9.97 Å². The van der Waals surface area contributed by atoms with Crippen molar-refractivity contribution in [3.8, 4) is 0 Å². The Morgan fingerprint density at radius 1 is 1.24 bits per heavy atom. The SMILES string of the molecule is CC(N)C(C)c1nc2nc(N(C)C)ccc2[nH]1. The lowest BCUT2D eigenvalue weighted by molar-refractivity contribution is 0.588. The van der Waals surface area contributed by atoms with Crippen LogP contribution in [0.15, 0.2) is 12.1 Å². The van der Waals surface area contributed by atoms with Gasteiger partial charge in [0, 0.05) is 26.1 Å². The number of hydrogen-bond acceptors (Lipinski definition) is 4. The zero-order valence-electron chi connectivity index (χ0n) is 10.7. The summed E-state index contributed by atoms with van der Waals surface area (Å²) < 4.78 is 0. The van der Waals surface area contributed by atoms with Gasteiger partial charge >= 0.3 is 0 Å². The number of pyridine rings is 1. The molecular weight excluding hydrogens is 214 g/mol. The molecule has 17 heavy (non-hydrogen) atoms. The predicted octanol–water partition coefficient (Wildman–Crippen LogP) is 1.47. The number of aromatic amines is 1. The molecule has 0 saturated heterocycles. The first-order chi connectivity index (χ1) is 7.99. The van der Waals surface area contributed by atoms with E-state index in [9.17, 15) is 0 Å². The van der Waals surface area contributed by atoms with Gasteiger partial charge in [-0.15, -0.1) is 0 Å². The van der Waals surface area contributed by atoms with Crippen LogP contribution in [0.2, 0.25) is 0 Å². The number of aromatic nitrogens is 3. The second-order valence-corrected chi connectivity index (χ2v) is 4.70. The minimum absolute atomic E-state index is 0.0730. The van der Waals surface area contributed by atoms with Gasteiger partial charge in [-0.2, -0.15) is 0 Å². The molecule has 0 aliphatic carbocycles. The van der Waals surface area contributed by atoms with Gasteiger partial charge in [0.25, 0.3) is 0 Å². The summed E-state index contributed by atoms with van der Waals surface area (Å²) in [6.45, 7) is 4.05. The Labute approximate surface area is 101 Å². The highest BCUT2D eigenvalue weighted by molar-refractivity contribution is 5.73. The van der Waals surface area contributed by atoms with Crippen molar-refractivity contribution in [1.82, 2.24) is 15.0 Å². The summed E-state index contributed by atoms with van der Waals surface area (Å²) in [6, 6.07) is 4.05. The largest absolute Gasteiger partial charge is 0.363 e. The molecule has 2 rings (SSSR count). The smallest absolute Gasteiger partial charge is 0.179 e. The maximum Gasteiger partial charge on any atom is 0.179 e. The van der Waals surface area contributed by atoms with E-state index in [0.29, 0.717) is 0 Å². The van der Waals surface area contributed by atoms with Crippen LogP contribution in [-0.4, -0.2) is 35.1 Å². The van der Waals surface area contributed by atoms with E-state index in [2.05, 4.69) is 21.9 Å². The zero-order valence-corrected chi connectivity index (χ0v) is 10.7. The van der Waals surface area contributed by atoms with Gasteiger partial charge in [0.1, 0.15) is 11.6 Å². The second kappa shape index (κ2) is 4.33. The lowest BCUT2D eigenvalue weighted by Crippen LogP contribution is -2.23. The summed E-state index contributed by atoms with van der Waals surface area (Å²) >= 11 is 0. The number of anilines is 1. The number of nitrogens with two attached hydrogens (primary N) is 1. The van der Waals surface area contributed by atoms with Crippen LogP contribution in [0.1, 0.15) is 25.6 Å². The van der Waals surface area contributed by atoms with E-state index >= 15 is 0 Å². The Morgan fingerprint density at radius 3 is 2.53 bits per heavy atom. The highest BCUT2D eigenvalue weighted by Crippen LogP contribution is 2.20. The Kier molecular flexibility index (Phi) is 3.02. The predicted molar refractivity (Wildman–Crippen MR) is 70.3 cm³/mol. The van der Waals surface area contributed by atoms with Crippen molar-refractivity contribution in [3.05, 3.63) is 18.0 Å². The molecule has 0 spiro atoms. The molecule has 2 aromatic rings. The Bertz CT molecular complexity index is 515. The third-order valence-corrected chi connectivity index (χ3v) is 3.03. The molecule has 92 valence electrons. The maximum atomic E-state index is 5.88. The van der Waals surface area contributed by atoms with Crippen molar-refractivity contribution in [1.29, 1.82) is 0 Å². The first kappa shape index (κ1) is 11.9. The van der Waals surface area contributed by atoms with Crippen LogP contribution in [0.3, 0.4) is 0 Å². The minimum atomic E-state index is 0.0730. The van der Waals surface area contributed by atoms with Gasteiger partial charge in [0.15, 0.2) is 5.65 Å². The summed E-state index contributed by atoms with van der Waals surface area (Å²) in [7, 11) is 3.93. The van der Waals surface area contributed by atoms with Crippen molar-refractivity contribution in [2.75, 3.05) is 19.0 Å². The third-order valence-electron chi connectivity index (χ3n) is 3.03. The molecule has 0 aromatic carbocycles. The Morgan fingerprint density at radius 2 is 1.94 bits per heavy atom. The van der Waals surface area contributed by atoms with Gasteiger partial charge in [0.05, 0.1) is 5.52 Å². The highest BCUT2D eigenvalue weighted by atomic mass is 15.1. The van der Waals surface area contributed by atoms with E-state index in [4.69, 9.17) is 5.73 Å². The fraction of sp³-hybridized carbons (Fsp3) is 0.500. The van der Waals surface area contributed by atoms with Crippen LogP contribution in [0.25, 0.3) is 11.2 Å². The maximum absolute atomic E-state index is 5.88. The van der Waals surface area contributed by atoms with Gasteiger partial charge in [0.2, 0.25) is 0 Å². The number of hydrogen-bond donors (Lipinski definition) is 2. The number of nitrogens with one attached hydrogen (secondary N) is 1. The third kappa shape index (κ3) is 2.24. The quantitative estimate of drug-likeness (QED) is 0.842. The summed E-state index contributed by atoms with van der Waals surface area (Å²) in [5.41, 5.74) is 7.58. The molecule has 2 aromatic heterocycles.